The van der Waals surface area contributed by atoms with E-state index in [1.54, 1.807) is 18.3 Å². The van der Waals surface area contributed by atoms with Crippen LogP contribution in [0.2, 0.25) is 5.02 Å². The van der Waals surface area contributed by atoms with E-state index in [1.165, 1.54) is 0 Å². The van der Waals surface area contributed by atoms with Gasteiger partial charge in [-0.25, -0.2) is 9.67 Å². The molecule has 0 atom stereocenters. The normalized spacial score (nSPS) is 10.3. The van der Waals surface area contributed by atoms with Gasteiger partial charge in [0, 0.05) is 18.7 Å². The second kappa shape index (κ2) is 7.24. The molecule has 0 bridgehead atoms. The van der Waals surface area contributed by atoms with Crippen LogP contribution in [0, 0.1) is 18.3 Å². The summed E-state index contributed by atoms with van der Waals surface area (Å²) in [4.78, 5) is 4.31. The number of aryl methyl sites for hydroxylation is 2. The number of nitrogens with zero attached hydrogens (tertiary/aromatic N) is 4. The first-order valence-electron chi connectivity index (χ1n) is 7.84. The highest BCUT2D eigenvalue weighted by molar-refractivity contribution is 6.33. The SMILES string of the molecule is CCn1nc(C)cc1Nc1cc(Nc2ccccc2C#N)c(Cl)cn1. The van der Waals surface area contributed by atoms with E-state index in [9.17, 15) is 5.26 Å². The first-order chi connectivity index (χ1) is 12.1. The molecule has 3 aromatic rings. The first kappa shape index (κ1) is 16.8. The highest BCUT2D eigenvalue weighted by Crippen LogP contribution is 2.29. The van der Waals surface area contributed by atoms with Crippen molar-refractivity contribution in [3.05, 3.63) is 58.9 Å². The third-order valence-electron chi connectivity index (χ3n) is 3.63. The van der Waals surface area contributed by atoms with Gasteiger partial charge >= 0.3 is 0 Å². The van der Waals surface area contributed by atoms with Crippen molar-refractivity contribution in [1.29, 1.82) is 5.26 Å². The molecule has 6 nitrogen and oxygen atoms in total. The zero-order valence-electron chi connectivity index (χ0n) is 13.9. The minimum atomic E-state index is 0.471. The Morgan fingerprint density at radius 3 is 2.76 bits per heavy atom. The molecule has 0 unspecified atom stereocenters. The molecule has 0 radical (unpaired) electrons. The van der Waals surface area contributed by atoms with E-state index in [2.05, 4.69) is 26.8 Å². The van der Waals surface area contributed by atoms with Crippen molar-refractivity contribution in [1.82, 2.24) is 14.8 Å². The summed E-state index contributed by atoms with van der Waals surface area (Å²) in [6, 6.07) is 13.2. The summed E-state index contributed by atoms with van der Waals surface area (Å²) in [6.45, 7) is 4.72. The summed E-state index contributed by atoms with van der Waals surface area (Å²) >= 11 is 6.25. The summed E-state index contributed by atoms with van der Waals surface area (Å²) in [6.07, 6.45) is 1.57. The van der Waals surface area contributed by atoms with Gasteiger partial charge in [0.1, 0.15) is 17.7 Å². The van der Waals surface area contributed by atoms with E-state index >= 15 is 0 Å². The van der Waals surface area contributed by atoms with Crippen LogP contribution in [0.1, 0.15) is 18.2 Å². The molecule has 0 aliphatic carbocycles. The Bertz CT molecular complexity index is 941. The van der Waals surface area contributed by atoms with Crippen LogP contribution in [0.15, 0.2) is 42.6 Å². The summed E-state index contributed by atoms with van der Waals surface area (Å²) < 4.78 is 1.86. The molecule has 2 N–H and O–H groups in total. The van der Waals surface area contributed by atoms with E-state index in [4.69, 9.17) is 11.6 Å². The number of hydrogen-bond donors (Lipinski definition) is 2. The molecule has 25 heavy (non-hydrogen) atoms. The number of para-hydroxylation sites is 1. The van der Waals surface area contributed by atoms with Crippen LogP contribution in [0.3, 0.4) is 0 Å². The largest absolute Gasteiger partial charge is 0.353 e. The van der Waals surface area contributed by atoms with Gasteiger partial charge in [-0.15, -0.1) is 0 Å². The predicted octanol–water partition coefficient (Wildman–Crippen LogP) is 4.62. The number of nitriles is 1. The van der Waals surface area contributed by atoms with Gasteiger partial charge in [0.25, 0.3) is 0 Å². The van der Waals surface area contributed by atoms with Crippen molar-refractivity contribution >= 4 is 34.6 Å². The van der Waals surface area contributed by atoms with Crippen LogP contribution in [0.25, 0.3) is 0 Å². The van der Waals surface area contributed by atoms with Gasteiger partial charge in [-0.1, -0.05) is 23.7 Å². The molecule has 0 amide bonds. The van der Waals surface area contributed by atoms with Gasteiger partial charge in [0.2, 0.25) is 0 Å². The summed E-state index contributed by atoms with van der Waals surface area (Å²) in [7, 11) is 0. The van der Waals surface area contributed by atoms with Crippen molar-refractivity contribution in [3.63, 3.8) is 0 Å². The molecule has 7 heteroatoms. The number of anilines is 4. The van der Waals surface area contributed by atoms with E-state index in [0.29, 0.717) is 27.8 Å². The molecule has 3 rings (SSSR count). The fraction of sp³-hybridized carbons (Fsp3) is 0.167. The van der Waals surface area contributed by atoms with Crippen LogP contribution in [-0.2, 0) is 6.54 Å². The number of hydrogen-bond acceptors (Lipinski definition) is 5. The van der Waals surface area contributed by atoms with E-state index in [1.807, 2.05) is 42.8 Å². The van der Waals surface area contributed by atoms with Crippen molar-refractivity contribution < 1.29 is 0 Å². The Kier molecular flexibility index (Phi) is 4.87. The monoisotopic (exact) mass is 352 g/mol. The zero-order chi connectivity index (χ0) is 17.8. The number of nitrogens with one attached hydrogen (secondary N) is 2. The summed E-state index contributed by atoms with van der Waals surface area (Å²) in [5, 5.41) is 20.5. The molecule has 126 valence electrons. The molecule has 0 spiro atoms. The van der Waals surface area contributed by atoms with Gasteiger partial charge in [0.15, 0.2) is 0 Å². The molecule has 0 aliphatic heterocycles. The number of rotatable bonds is 5. The maximum atomic E-state index is 9.22. The van der Waals surface area contributed by atoms with Crippen LogP contribution in [0.5, 0.6) is 0 Å². The number of benzene rings is 1. The number of halogens is 1. The molecule has 0 saturated carbocycles. The van der Waals surface area contributed by atoms with E-state index < -0.39 is 0 Å². The maximum absolute atomic E-state index is 9.22. The Labute approximate surface area is 151 Å². The number of pyridine rings is 1. The molecule has 2 heterocycles. The highest BCUT2D eigenvalue weighted by Gasteiger charge is 2.09. The molecule has 0 fully saturated rings. The standard InChI is InChI=1S/C18H17ClN6/c1-3-25-18(8-12(2)24-25)23-17-9-16(14(19)11-21-17)22-15-7-5-4-6-13(15)10-20/h4-9,11H,3H2,1-2H3,(H2,21,22,23). The Morgan fingerprint density at radius 1 is 1.20 bits per heavy atom. The van der Waals surface area contributed by atoms with Crippen LogP contribution in [-0.4, -0.2) is 14.8 Å². The third-order valence-corrected chi connectivity index (χ3v) is 3.93. The Balaban J connectivity index is 1.89. The van der Waals surface area contributed by atoms with E-state index in [-0.39, 0.29) is 0 Å². The van der Waals surface area contributed by atoms with Crippen LogP contribution >= 0.6 is 11.6 Å². The molecular weight excluding hydrogens is 336 g/mol. The summed E-state index contributed by atoms with van der Waals surface area (Å²) in [5.41, 5.74) is 2.84. The van der Waals surface area contributed by atoms with Crippen molar-refractivity contribution in [2.45, 2.75) is 20.4 Å². The Morgan fingerprint density at radius 2 is 2.00 bits per heavy atom. The lowest BCUT2D eigenvalue weighted by molar-refractivity contribution is 0.661. The zero-order valence-corrected chi connectivity index (χ0v) is 14.7. The Hall–Kier alpha value is -3.04. The fourth-order valence-corrected chi connectivity index (χ4v) is 2.61. The summed E-state index contributed by atoms with van der Waals surface area (Å²) in [5.74, 6) is 1.49. The smallest absolute Gasteiger partial charge is 0.133 e. The van der Waals surface area contributed by atoms with E-state index in [0.717, 1.165) is 18.1 Å². The van der Waals surface area contributed by atoms with Crippen LogP contribution in [0.4, 0.5) is 23.0 Å². The van der Waals surface area contributed by atoms with Crippen molar-refractivity contribution in [2.24, 2.45) is 0 Å². The topological polar surface area (TPSA) is 78.6 Å². The maximum Gasteiger partial charge on any atom is 0.133 e. The predicted molar refractivity (Wildman–Crippen MR) is 99.6 cm³/mol. The molecule has 2 aromatic heterocycles. The number of aromatic nitrogens is 3. The minimum absolute atomic E-state index is 0.471. The molecular formula is C18H17ClN6. The van der Waals surface area contributed by atoms with Crippen LogP contribution < -0.4 is 10.6 Å². The quantitative estimate of drug-likeness (QED) is 0.700. The second-order valence-corrected chi connectivity index (χ2v) is 5.85. The van der Waals surface area contributed by atoms with Crippen molar-refractivity contribution in [2.75, 3.05) is 10.6 Å². The molecule has 0 saturated heterocycles. The first-order valence-corrected chi connectivity index (χ1v) is 8.21. The lowest BCUT2D eigenvalue weighted by Crippen LogP contribution is -2.04. The van der Waals surface area contributed by atoms with Gasteiger partial charge in [-0.05, 0) is 26.0 Å². The highest BCUT2D eigenvalue weighted by atomic mass is 35.5. The van der Waals surface area contributed by atoms with Gasteiger partial charge in [0.05, 0.1) is 33.9 Å². The lowest BCUT2D eigenvalue weighted by Gasteiger charge is -2.12. The molecule has 0 aliphatic rings. The average molecular weight is 353 g/mol. The lowest BCUT2D eigenvalue weighted by atomic mass is 10.2. The third kappa shape index (κ3) is 3.73. The van der Waals surface area contributed by atoms with Gasteiger partial charge < -0.3 is 10.6 Å². The molecule has 1 aromatic carbocycles. The average Bonchev–Trinajstić information content (AvgIpc) is 2.97. The minimum Gasteiger partial charge on any atom is -0.353 e. The van der Waals surface area contributed by atoms with Crippen molar-refractivity contribution in [3.8, 4) is 6.07 Å². The van der Waals surface area contributed by atoms with Gasteiger partial charge in [-0.3, -0.25) is 0 Å². The second-order valence-electron chi connectivity index (χ2n) is 5.44. The fourth-order valence-electron chi connectivity index (χ4n) is 2.46. The van der Waals surface area contributed by atoms with Gasteiger partial charge in [-0.2, -0.15) is 10.4 Å².